The fraction of sp³-hybridized carbons (Fsp3) is 0.667. The van der Waals surface area contributed by atoms with Gasteiger partial charge in [-0.1, -0.05) is 0 Å². The van der Waals surface area contributed by atoms with Crippen molar-refractivity contribution in [2.24, 2.45) is 5.92 Å². The fourth-order valence-corrected chi connectivity index (χ4v) is 4.85. The van der Waals surface area contributed by atoms with E-state index in [2.05, 4.69) is 10.3 Å². The number of hydrogen-bond acceptors (Lipinski definition) is 5. The maximum absolute atomic E-state index is 12.1. The van der Waals surface area contributed by atoms with Gasteiger partial charge in [0.1, 0.15) is 0 Å². The second kappa shape index (κ2) is 5.42. The maximum Gasteiger partial charge on any atom is 0.229 e. The lowest BCUT2D eigenvalue weighted by Crippen LogP contribution is -2.42. The summed E-state index contributed by atoms with van der Waals surface area (Å²) in [6, 6.07) is 0. The number of piperidine rings is 1. The molecule has 1 aromatic rings. The highest BCUT2D eigenvalue weighted by Crippen LogP contribution is 2.33. The van der Waals surface area contributed by atoms with Crippen LogP contribution >= 0.6 is 11.3 Å². The Hall–Kier alpha value is -0.990. The Morgan fingerprint density at radius 3 is 2.55 bits per heavy atom. The van der Waals surface area contributed by atoms with Gasteiger partial charge in [0.05, 0.1) is 5.25 Å². The van der Waals surface area contributed by atoms with E-state index in [0.29, 0.717) is 31.1 Å². The van der Waals surface area contributed by atoms with Gasteiger partial charge >= 0.3 is 0 Å². The molecule has 0 bridgehead atoms. The van der Waals surface area contributed by atoms with Gasteiger partial charge in [0, 0.05) is 30.6 Å². The number of nitrogens with zero attached hydrogens (tertiary/aromatic N) is 2. The summed E-state index contributed by atoms with van der Waals surface area (Å²) in [4.78, 5) is 16.1. The number of carbonyl (C=O) groups is 1. The van der Waals surface area contributed by atoms with E-state index >= 15 is 0 Å². The molecule has 0 aromatic carbocycles. The summed E-state index contributed by atoms with van der Waals surface area (Å²) in [6.07, 6.45) is 4.39. The third kappa shape index (κ3) is 2.87. The standard InChI is InChI=1S/C12H17N3O3S2/c16-11(14-12-13-5-8-19-12)9-3-6-15(7-4-9)20(17,18)10-1-2-10/h5,8-10H,1-4,6-7H2,(H,13,14,16). The Labute approximate surface area is 122 Å². The lowest BCUT2D eigenvalue weighted by Gasteiger charge is -2.30. The van der Waals surface area contributed by atoms with E-state index in [-0.39, 0.29) is 17.1 Å². The minimum atomic E-state index is -3.10. The van der Waals surface area contributed by atoms with E-state index < -0.39 is 10.0 Å². The number of rotatable bonds is 4. The van der Waals surface area contributed by atoms with Gasteiger partial charge in [0.25, 0.3) is 0 Å². The zero-order valence-corrected chi connectivity index (χ0v) is 12.6. The molecule has 0 unspecified atom stereocenters. The van der Waals surface area contributed by atoms with E-state index in [1.165, 1.54) is 11.3 Å². The SMILES string of the molecule is O=C(Nc1nccs1)C1CCN(S(=O)(=O)C2CC2)CC1. The van der Waals surface area contributed by atoms with E-state index in [9.17, 15) is 13.2 Å². The summed E-state index contributed by atoms with van der Waals surface area (Å²) in [7, 11) is -3.10. The smallest absolute Gasteiger partial charge is 0.229 e. The van der Waals surface area contributed by atoms with Crippen molar-refractivity contribution in [2.75, 3.05) is 18.4 Å². The van der Waals surface area contributed by atoms with Gasteiger partial charge in [-0.2, -0.15) is 0 Å². The lowest BCUT2D eigenvalue weighted by atomic mass is 9.97. The largest absolute Gasteiger partial charge is 0.302 e. The zero-order chi connectivity index (χ0) is 14.2. The molecule has 0 spiro atoms. The quantitative estimate of drug-likeness (QED) is 0.908. The zero-order valence-electron chi connectivity index (χ0n) is 11.0. The van der Waals surface area contributed by atoms with Gasteiger partial charge in [0.2, 0.25) is 15.9 Å². The molecule has 1 aromatic heterocycles. The Bertz CT molecular complexity index is 573. The van der Waals surface area contributed by atoms with Crippen LogP contribution in [0, 0.1) is 5.92 Å². The molecule has 2 heterocycles. The highest BCUT2D eigenvalue weighted by Gasteiger charge is 2.41. The predicted octanol–water partition coefficient (Wildman–Crippen LogP) is 1.29. The molecule has 1 aliphatic carbocycles. The van der Waals surface area contributed by atoms with Gasteiger partial charge in [-0.05, 0) is 25.7 Å². The molecule has 1 saturated carbocycles. The molecule has 1 amide bonds. The number of hydrogen-bond donors (Lipinski definition) is 1. The van der Waals surface area contributed by atoms with E-state index in [0.717, 1.165) is 12.8 Å². The second-order valence-electron chi connectivity index (χ2n) is 5.24. The molecule has 6 nitrogen and oxygen atoms in total. The molecule has 20 heavy (non-hydrogen) atoms. The first kappa shape index (κ1) is 14.0. The monoisotopic (exact) mass is 315 g/mol. The molecule has 8 heteroatoms. The summed E-state index contributed by atoms with van der Waals surface area (Å²) in [5.41, 5.74) is 0. The first-order chi connectivity index (χ1) is 9.57. The minimum absolute atomic E-state index is 0.0524. The average Bonchev–Trinajstić information content (AvgIpc) is 3.19. The van der Waals surface area contributed by atoms with Crippen LogP contribution < -0.4 is 5.32 Å². The van der Waals surface area contributed by atoms with Crippen LogP contribution in [0.3, 0.4) is 0 Å². The van der Waals surface area contributed by atoms with Gasteiger partial charge in [-0.3, -0.25) is 4.79 Å². The number of carbonyl (C=O) groups excluding carboxylic acids is 1. The van der Waals surface area contributed by atoms with Crippen LogP contribution in [0.2, 0.25) is 0 Å². The number of thiazole rings is 1. The van der Waals surface area contributed by atoms with Crippen molar-refractivity contribution >= 4 is 32.4 Å². The van der Waals surface area contributed by atoms with Crippen molar-refractivity contribution in [2.45, 2.75) is 30.9 Å². The Morgan fingerprint density at radius 1 is 1.30 bits per heavy atom. The van der Waals surface area contributed by atoms with Crippen LogP contribution in [0.5, 0.6) is 0 Å². The summed E-state index contributed by atoms with van der Waals surface area (Å²) < 4.78 is 25.7. The van der Waals surface area contributed by atoms with Crippen molar-refractivity contribution in [3.8, 4) is 0 Å². The van der Waals surface area contributed by atoms with Crippen LogP contribution in [0.15, 0.2) is 11.6 Å². The van der Waals surface area contributed by atoms with Crippen LogP contribution in [0.25, 0.3) is 0 Å². The maximum atomic E-state index is 12.1. The van der Waals surface area contributed by atoms with Crippen molar-refractivity contribution in [3.63, 3.8) is 0 Å². The summed E-state index contributed by atoms with van der Waals surface area (Å²) >= 11 is 1.38. The number of sulfonamides is 1. The van der Waals surface area contributed by atoms with Crippen LogP contribution in [-0.4, -0.2) is 42.0 Å². The van der Waals surface area contributed by atoms with Gasteiger partial charge < -0.3 is 5.32 Å². The third-order valence-electron chi connectivity index (χ3n) is 3.79. The molecule has 2 fully saturated rings. The Balaban J connectivity index is 1.54. The topological polar surface area (TPSA) is 79.4 Å². The molecule has 0 atom stereocenters. The van der Waals surface area contributed by atoms with Crippen molar-refractivity contribution in [1.29, 1.82) is 0 Å². The number of nitrogens with one attached hydrogen (secondary N) is 1. The molecule has 2 aliphatic rings. The minimum Gasteiger partial charge on any atom is -0.302 e. The molecular weight excluding hydrogens is 298 g/mol. The van der Waals surface area contributed by atoms with Gasteiger partial charge in [-0.15, -0.1) is 11.3 Å². The molecule has 1 saturated heterocycles. The van der Waals surface area contributed by atoms with Gasteiger partial charge in [-0.25, -0.2) is 17.7 Å². The van der Waals surface area contributed by atoms with Crippen LogP contribution in [-0.2, 0) is 14.8 Å². The first-order valence-electron chi connectivity index (χ1n) is 6.76. The van der Waals surface area contributed by atoms with E-state index in [4.69, 9.17) is 0 Å². The second-order valence-corrected chi connectivity index (χ2v) is 8.35. The Morgan fingerprint density at radius 2 is 2.00 bits per heavy atom. The number of amides is 1. The predicted molar refractivity (Wildman–Crippen MR) is 77.0 cm³/mol. The highest BCUT2D eigenvalue weighted by molar-refractivity contribution is 7.90. The van der Waals surface area contributed by atoms with Crippen molar-refractivity contribution < 1.29 is 13.2 Å². The first-order valence-corrected chi connectivity index (χ1v) is 9.15. The van der Waals surface area contributed by atoms with E-state index in [1.807, 2.05) is 0 Å². The fourth-order valence-electron chi connectivity index (χ4n) is 2.44. The molecule has 1 aliphatic heterocycles. The summed E-state index contributed by atoms with van der Waals surface area (Å²) in [6.45, 7) is 0.906. The Kier molecular flexibility index (Phi) is 3.78. The normalized spacial score (nSPS) is 21.8. The molecule has 1 N–H and O–H groups in total. The molecule has 0 radical (unpaired) electrons. The third-order valence-corrected chi connectivity index (χ3v) is 6.88. The average molecular weight is 315 g/mol. The lowest BCUT2D eigenvalue weighted by molar-refractivity contribution is -0.120. The molecule has 110 valence electrons. The summed E-state index contributed by atoms with van der Waals surface area (Å²) in [5.74, 6) is -0.173. The van der Waals surface area contributed by atoms with Crippen molar-refractivity contribution in [3.05, 3.63) is 11.6 Å². The van der Waals surface area contributed by atoms with Crippen LogP contribution in [0.1, 0.15) is 25.7 Å². The van der Waals surface area contributed by atoms with E-state index in [1.54, 1.807) is 15.9 Å². The van der Waals surface area contributed by atoms with Crippen molar-refractivity contribution in [1.82, 2.24) is 9.29 Å². The number of aromatic nitrogens is 1. The molecule has 3 rings (SSSR count). The number of anilines is 1. The van der Waals surface area contributed by atoms with Gasteiger partial charge in [0.15, 0.2) is 5.13 Å². The summed E-state index contributed by atoms with van der Waals surface area (Å²) in [5, 5.41) is 5.02. The molecular formula is C12H17N3O3S2. The highest BCUT2D eigenvalue weighted by atomic mass is 32.2. The van der Waals surface area contributed by atoms with Crippen LogP contribution in [0.4, 0.5) is 5.13 Å².